The van der Waals surface area contributed by atoms with E-state index in [1.54, 1.807) is 0 Å². The molecule has 0 saturated carbocycles. The molecule has 0 fully saturated rings. The molecule has 0 atom stereocenters. The van der Waals surface area contributed by atoms with Crippen molar-refractivity contribution >= 4 is 11.6 Å². The van der Waals surface area contributed by atoms with Gasteiger partial charge in [-0.15, -0.1) is 0 Å². The summed E-state index contributed by atoms with van der Waals surface area (Å²) in [7, 11) is 0. The summed E-state index contributed by atoms with van der Waals surface area (Å²) in [6.07, 6.45) is 0.499. The van der Waals surface area contributed by atoms with E-state index in [1.165, 1.54) is 0 Å². The number of rotatable bonds is 0. The van der Waals surface area contributed by atoms with E-state index < -0.39 is 0 Å². The van der Waals surface area contributed by atoms with E-state index in [9.17, 15) is 4.79 Å². The Balaban J connectivity index is 2.51. The summed E-state index contributed by atoms with van der Waals surface area (Å²) in [4.78, 5) is 10.9. The molecular formula is C9H8NO. The van der Waals surface area contributed by atoms with Gasteiger partial charge < -0.3 is 5.32 Å². The third-order valence-corrected chi connectivity index (χ3v) is 1.79. The molecule has 1 radical (unpaired) electrons. The number of hydrogen-bond donors (Lipinski definition) is 1. The molecule has 11 heavy (non-hydrogen) atoms. The summed E-state index contributed by atoms with van der Waals surface area (Å²) in [5, 5.41) is 2.76. The predicted octanol–water partition coefficient (Wildman–Crippen LogP) is 1.36. The van der Waals surface area contributed by atoms with Crippen molar-refractivity contribution in [3.05, 3.63) is 36.2 Å². The normalized spacial score (nSPS) is 14.5. The van der Waals surface area contributed by atoms with Crippen LogP contribution >= 0.6 is 0 Å². The summed E-state index contributed by atoms with van der Waals surface area (Å²) in [6, 6.07) is 5.72. The lowest BCUT2D eigenvalue weighted by atomic mass is 10.1. The second-order valence-corrected chi connectivity index (χ2v) is 2.72. The topological polar surface area (TPSA) is 29.1 Å². The molecule has 55 valence electrons. The summed E-state index contributed by atoms with van der Waals surface area (Å²) in [5.74, 6) is 0.0746. The van der Waals surface area contributed by atoms with Gasteiger partial charge in [-0.3, -0.25) is 4.79 Å². The van der Waals surface area contributed by atoms with Gasteiger partial charge in [0.25, 0.3) is 0 Å². The standard InChI is InChI=1S/C9H8NO/c1-6-2-3-8-7(4-6)5-9(11)10-8/h2-4H,1,5H2,(H,10,11). The smallest absolute Gasteiger partial charge is 0.228 e. The van der Waals surface area contributed by atoms with Crippen molar-refractivity contribution in [2.45, 2.75) is 6.42 Å². The van der Waals surface area contributed by atoms with Crippen LogP contribution in [0.4, 0.5) is 5.69 Å². The fraction of sp³-hybridized carbons (Fsp3) is 0.111. The van der Waals surface area contributed by atoms with Gasteiger partial charge in [-0.1, -0.05) is 12.1 Å². The number of anilines is 1. The van der Waals surface area contributed by atoms with Crippen LogP contribution in [0.1, 0.15) is 11.1 Å². The fourth-order valence-corrected chi connectivity index (χ4v) is 1.28. The first-order valence-electron chi connectivity index (χ1n) is 3.50. The predicted molar refractivity (Wildman–Crippen MR) is 43.2 cm³/mol. The number of carbonyl (C=O) groups is 1. The van der Waals surface area contributed by atoms with E-state index in [4.69, 9.17) is 0 Å². The van der Waals surface area contributed by atoms with Crippen LogP contribution in [0, 0.1) is 6.92 Å². The molecule has 1 aromatic carbocycles. The van der Waals surface area contributed by atoms with Crippen molar-refractivity contribution in [3.8, 4) is 0 Å². The van der Waals surface area contributed by atoms with Crippen LogP contribution in [0.2, 0.25) is 0 Å². The molecule has 0 aliphatic carbocycles. The summed E-state index contributed by atoms with van der Waals surface area (Å²) in [5.41, 5.74) is 2.95. The van der Waals surface area contributed by atoms with E-state index in [-0.39, 0.29) is 5.91 Å². The highest BCUT2D eigenvalue weighted by Crippen LogP contribution is 2.23. The number of carbonyl (C=O) groups excluding carboxylic acids is 1. The van der Waals surface area contributed by atoms with Gasteiger partial charge in [0.1, 0.15) is 0 Å². The van der Waals surface area contributed by atoms with Gasteiger partial charge in [0.05, 0.1) is 6.42 Å². The number of hydrogen-bond acceptors (Lipinski definition) is 1. The lowest BCUT2D eigenvalue weighted by Crippen LogP contribution is -2.03. The second-order valence-electron chi connectivity index (χ2n) is 2.72. The van der Waals surface area contributed by atoms with Crippen LogP contribution in [0.5, 0.6) is 0 Å². The van der Waals surface area contributed by atoms with Gasteiger partial charge in [-0.25, -0.2) is 0 Å². The van der Waals surface area contributed by atoms with E-state index in [2.05, 4.69) is 12.2 Å². The molecule has 0 spiro atoms. The quantitative estimate of drug-likeness (QED) is 0.588. The molecular weight excluding hydrogens is 138 g/mol. The zero-order valence-electron chi connectivity index (χ0n) is 6.05. The van der Waals surface area contributed by atoms with Gasteiger partial charge in [-0.05, 0) is 24.1 Å². The molecule has 1 amide bonds. The molecule has 1 aliphatic heterocycles. The highest BCUT2D eigenvalue weighted by molar-refractivity contribution is 5.99. The molecule has 0 bridgehead atoms. The number of nitrogens with one attached hydrogen (secondary N) is 1. The van der Waals surface area contributed by atoms with Gasteiger partial charge in [0.2, 0.25) is 5.91 Å². The summed E-state index contributed by atoms with van der Waals surface area (Å²) >= 11 is 0. The maximum atomic E-state index is 10.9. The Labute approximate surface area is 65.2 Å². The number of amides is 1. The molecule has 2 rings (SSSR count). The average molecular weight is 146 g/mol. The highest BCUT2D eigenvalue weighted by Gasteiger charge is 2.16. The van der Waals surface area contributed by atoms with Gasteiger partial charge >= 0.3 is 0 Å². The van der Waals surface area contributed by atoms with Crippen molar-refractivity contribution in [2.75, 3.05) is 5.32 Å². The summed E-state index contributed by atoms with van der Waals surface area (Å²) in [6.45, 7) is 3.78. The van der Waals surface area contributed by atoms with Crippen LogP contribution < -0.4 is 5.32 Å². The van der Waals surface area contributed by atoms with Gasteiger partial charge in [-0.2, -0.15) is 0 Å². The average Bonchev–Trinajstić information content (AvgIpc) is 2.27. The molecule has 2 nitrogen and oxygen atoms in total. The Bertz CT molecular complexity index is 317. The zero-order valence-corrected chi connectivity index (χ0v) is 6.05. The minimum atomic E-state index is 0.0746. The van der Waals surface area contributed by atoms with Crippen molar-refractivity contribution in [1.82, 2.24) is 0 Å². The van der Waals surface area contributed by atoms with Gasteiger partial charge in [0, 0.05) is 5.69 Å². The van der Waals surface area contributed by atoms with Crippen molar-refractivity contribution in [3.63, 3.8) is 0 Å². The molecule has 0 unspecified atom stereocenters. The Hall–Kier alpha value is -1.31. The molecule has 0 saturated heterocycles. The Morgan fingerprint density at radius 1 is 1.45 bits per heavy atom. The highest BCUT2D eigenvalue weighted by atomic mass is 16.1. The van der Waals surface area contributed by atoms with Crippen molar-refractivity contribution in [1.29, 1.82) is 0 Å². The van der Waals surface area contributed by atoms with E-state index >= 15 is 0 Å². The van der Waals surface area contributed by atoms with Crippen LogP contribution in [-0.2, 0) is 11.2 Å². The Morgan fingerprint density at radius 3 is 3.09 bits per heavy atom. The van der Waals surface area contributed by atoms with E-state index in [0.717, 1.165) is 16.8 Å². The van der Waals surface area contributed by atoms with Gasteiger partial charge in [0.15, 0.2) is 0 Å². The van der Waals surface area contributed by atoms with E-state index in [0.29, 0.717) is 6.42 Å². The monoisotopic (exact) mass is 146 g/mol. The lowest BCUT2D eigenvalue weighted by molar-refractivity contribution is -0.115. The lowest BCUT2D eigenvalue weighted by Gasteiger charge is -1.97. The number of benzene rings is 1. The third kappa shape index (κ3) is 1.00. The fourth-order valence-electron chi connectivity index (χ4n) is 1.28. The largest absolute Gasteiger partial charge is 0.326 e. The molecule has 2 heteroatoms. The minimum Gasteiger partial charge on any atom is -0.326 e. The number of fused-ring (bicyclic) bond motifs is 1. The summed E-state index contributed by atoms with van der Waals surface area (Å²) < 4.78 is 0. The molecule has 1 heterocycles. The first-order chi connectivity index (χ1) is 5.25. The molecule has 1 aromatic rings. The van der Waals surface area contributed by atoms with Crippen LogP contribution in [0.15, 0.2) is 18.2 Å². The minimum absolute atomic E-state index is 0.0746. The second kappa shape index (κ2) is 2.09. The Kier molecular flexibility index (Phi) is 1.22. The van der Waals surface area contributed by atoms with Crippen molar-refractivity contribution < 1.29 is 4.79 Å². The van der Waals surface area contributed by atoms with Crippen LogP contribution in [-0.4, -0.2) is 5.91 Å². The van der Waals surface area contributed by atoms with Crippen LogP contribution in [0.25, 0.3) is 0 Å². The zero-order chi connectivity index (χ0) is 7.84. The maximum absolute atomic E-state index is 10.9. The molecule has 1 aliphatic rings. The third-order valence-electron chi connectivity index (χ3n) is 1.79. The van der Waals surface area contributed by atoms with Crippen molar-refractivity contribution in [2.24, 2.45) is 0 Å². The van der Waals surface area contributed by atoms with E-state index in [1.807, 2.05) is 18.2 Å². The Morgan fingerprint density at radius 2 is 2.27 bits per heavy atom. The first kappa shape index (κ1) is 6.40. The van der Waals surface area contributed by atoms with Crippen LogP contribution in [0.3, 0.4) is 0 Å². The first-order valence-corrected chi connectivity index (χ1v) is 3.50. The molecule has 1 N–H and O–H groups in total. The maximum Gasteiger partial charge on any atom is 0.228 e. The SMILES string of the molecule is [CH2]c1ccc2c(c1)CC(=O)N2. The molecule has 0 aromatic heterocycles.